The molecule has 1 amide bonds. The van der Waals surface area contributed by atoms with Crippen molar-refractivity contribution in [3.05, 3.63) is 24.1 Å². The van der Waals surface area contributed by atoms with Crippen LogP contribution in [0.2, 0.25) is 0 Å². The minimum Gasteiger partial charge on any atom is -0.497 e. The SMILES string of the molecule is COc1ccc(OC)c(NC(=O)CSc2nnc(C3CCCCC3)o2)c1. The second-order valence-electron chi connectivity index (χ2n) is 6.14. The molecule has 7 nitrogen and oxygen atoms in total. The summed E-state index contributed by atoms with van der Waals surface area (Å²) in [5.41, 5.74) is 0.561. The predicted octanol–water partition coefficient (Wildman–Crippen LogP) is 3.87. The molecule has 0 radical (unpaired) electrons. The van der Waals surface area contributed by atoms with E-state index in [0.717, 1.165) is 12.8 Å². The number of aromatic nitrogens is 2. The fraction of sp³-hybridized carbons (Fsp3) is 0.500. The average Bonchev–Trinajstić information content (AvgIpc) is 3.16. The summed E-state index contributed by atoms with van der Waals surface area (Å²) in [7, 11) is 3.13. The van der Waals surface area contributed by atoms with Crippen LogP contribution >= 0.6 is 11.8 Å². The maximum atomic E-state index is 12.2. The number of nitrogens with zero attached hydrogens (tertiary/aromatic N) is 2. The van der Waals surface area contributed by atoms with Gasteiger partial charge in [0.1, 0.15) is 11.5 Å². The second-order valence-corrected chi connectivity index (χ2v) is 7.07. The molecule has 0 bridgehead atoms. The number of thioether (sulfide) groups is 1. The highest BCUT2D eigenvalue weighted by Crippen LogP contribution is 2.33. The minimum atomic E-state index is -0.182. The molecule has 1 aliphatic rings. The largest absolute Gasteiger partial charge is 0.497 e. The summed E-state index contributed by atoms with van der Waals surface area (Å²) in [6, 6.07) is 5.24. The minimum absolute atomic E-state index is 0.173. The lowest BCUT2D eigenvalue weighted by atomic mass is 9.89. The zero-order valence-corrected chi connectivity index (χ0v) is 15.8. The molecule has 1 fully saturated rings. The molecule has 3 rings (SSSR count). The van der Waals surface area contributed by atoms with Gasteiger partial charge in [-0.05, 0) is 25.0 Å². The van der Waals surface area contributed by atoms with E-state index in [4.69, 9.17) is 13.9 Å². The van der Waals surface area contributed by atoms with E-state index in [-0.39, 0.29) is 11.7 Å². The van der Waals surface area contributed by atoms with Crippen LogP contribution in [0.4, 0.5) is 5.69 Å². The number of nitrogens with one attached hydrogen (secondary N) is 1. The van der Waals surface area contributed by atoms with Crippen molar-refractivity contribution >= 4 is 23.4 Å². The maximum absolute atomic E-state index is 12.2. The number of benzene rings is 1. The molecule has 1 N–H and O–H groups in total. The van der Waals surface area contributed by atoms with E-state index in [0.29, 0.717) is 34.2 Å². The summed E-state index contributed by atoms with van der Waals surface area (Å²) in [6.45, 7) is 0. The van der Waals surface area contributed by atoms with Crippen molar-refractivity contribution < 1.29 is 18.7 Å². The van der Waals surface area contributed by atoms with Crippen LogP contribution in [0, 0.1) is 0 Å². The summed E-state index contributed by atoms with van der Waals surface area (Å²) in [4.78, 5) is 12.2. The summed E-state index contributed by atoms with van der Waals surface area (Å²) >= 11 is 1.23. The van der Waals surface area contributed by atoms with E-state index in [2.05, 4.69) is 15.5 Å². The van der Waals surface area contributed by atoms with E-state index in [1.807, 2.05) is 0 Å². The number of carbonyl (C=O) groups is 1. The number of carbonyl (C=O) groups excluding carboxylic acids is 1. The monoisotopic (exact) mass is 377 g/mol. The smallest absolute Gasteiger partial charge is 0.277 e. The molecule has 26 heavy (non-hydrogen) atoms. The molecule has 1 aromatic carbocycles. The Bertz CT molecular complexity index is 744. The third-order valence-electron chi connectivity index (χ3n) is 4.38. The van der Waals surface area contributed by atoms with Crippen LogP contribution in [0.15, 0.2) is 27.8 Å². The van der Waals surface area contributed by atoms with Gasteiger partial charge in [-0.15, -0.1) is 10.2 Å². The Balaban J connectivity index is 1.55. The molecular weight excluding hydrogens is 354 g/mol. The fourth-order valence-electron chi connectivity index (χ4n) is 3.02. The molecular formula is C18H23N3O4S. The molecule has 1 aliphatic carbocycles. The molecule has 0 atom stereocenters. The lowest BCUT2D eigenvalue weighted by molar-refractivity contribution is -0.113. The number of ether oxygens (including phenoxy) is 2. The van der Waals surface area contributed by atoms with Crippen molar-refractivity contribution in [1.82, 2.24) is 10.2 Å². The van der Waals surface area contributed by atoms with Gasteiger partial charge in [-0.2, -0.15) is 0 Å². The van der Waals surface area contributed by atoms with Crippen LogP contribution in [0.1, 0.15) is 43.9 Å². The summed E-state index contributed by atoms with van der Waals surface area (Å²) in [5, 5.41) is 11.5. The molecule has 1 heterocycles. The van der Waals surface area contributed by atoms with Gasteiger partial charge >= 0.3 is 0 Å². The van der Waals surface area contributed by atoms with Gasteiger partial charge in [0.05, 0.1) is 25.7 Å². The summed E-state index contributed by atoms with van der Waals surface area (Å²) in [5.74, 6) is 2.26. The van der Waals surface area contributed by atoms with Crippen molar-refractivity contribution in [3.8, 4) is 11.5 Å². The fourth-order valence-corrected chi connectivity index (χ4v) is 3.59. The van der Waals surface area contributed by atoms with Crippen LogP contribution in [-0.4, -0.2) is 36.1 Å². The van der Waals surface area contributed by atoms with Gasteiger partial charge in [0, 0.05) is 12.0 Å². The highest BCUT2D eigenvalue weighted by molar-refractivity contribution is 7.99. The standard InChI is InChI=1S/C18H23N3O4S/c1-23-13-8-9-15(24-2)14(10-13)19-16(22)11-26-18-21-20-17(25-18)12-6-4-3-5-7-12/h8-10,12H,3-7,11H2,1-2H3,(H,19,22). The Morgan fingerprint density at radius 2 is 2.04 bits per heavy atom. The maximum Gasteiger partial charge on any atom is 0.277 e. The van der Waals surface area contributed by atoms with Crippen LogP contribution < -0.4 is 14.8 Å². The Kier molecular flexibility index (Phi) is 6.38. The Labute approximate surface area is 156 Å². The van der Waals surface area contributed by atoms with Crippen molar-refractivity contribution in [1.29, 1.82) is 0 Å². The van der Waals surface area contributed by atoms with Gasteiger partial charge in [0.2, 0.25) is 11.8 Å². The van der Waals surface area contributed by atoms with Crippen LogP contribution in [0.5, 0.6) is 11.5 Å². The van der Waals surface area contributed by atoms with Crippen LogP contribution in [0.3, 0.4) is 0 Å². The Morgan fingerprint density at radius 1 is 1.23 bits per heavy atom. The van der Waals surface area contributed by atoms with Gasteiger partial charge in [-0.1, -0.05) is 31.0 Å². The number of rotatable bonds is 7. The number of hydrogen-bond donors (Lipinski definition) is 1. The van der Waals surface area contributed by atoms with Gasteiger partial charge in [-0.3, -0.25) is 4.79 Å². The van der Waals surface area contributed by atoms with E-state index < -0.39 is 0 Å². The van der Waals surface area contributed by atoms with Gasteiger partial charge < -0.3 is 19.2 Å². The summed E-state index contributed by atoms with van der Waals surface area (Å²) in [6.07, 6.45) is 5.89. The van der Waals surface area contributed by atoms with Gasteiger partial charge in [0.25, 0.3) is 5.22 Å². The third-order valence-corrected chi connectivity index (χ3v) is 5.20. The molecule has 2 aromatic rings. The predicted molar refractivity (Wildman–Crippen MR) is 99.0 cm³/mol. The van der Waals surface area contributed by atoms with Crippen molar-refractivity contribution in [3.63, 3.8) is 0 Å². The number of hydrogen-bond acceptors (Lipinski definition) is 7. The molecule has 8 heteroatoms. The third kappa shape index (κ3) is 4.69. The average molecular weight is 377 g/mol. The Morgan fingerprint density at radius 3 is 2.77 bits per heavy atom. The van der Waals surface area contributed by atoms with Gasteiger partial charge in [0.15, 0.2) is 0 Å². The van der Waals surface area contributed by atoms with Gasteiger partial charge in [-0.25, -0.2) is 0 Å². The quantitative estimate of drug-likeness (QED) is 0.733. The van der Waals surface area contributed by atoms with Crippen molar-refractivity contribution in [2.75, 3.05) is 25.3 Å². The first kappa shape index (κ1) is 18.6. The first-order chi connectivity index (χ1) is 12.7. The highest BCUT2D eigenvalue weighted by atomic mass is 32.2. The van der Waals surface area contributed by atoms with E-state index in [1.54, 1.807) is 32.4 Å². The molecule has 0 saturated heterocycles. The van der Waals surface area contributed by atoms with Crippen LogP contribution in [-0.2, 0) is 4.79 Å². The highest BCUT2D eigenvalue weighted by Gasteiger charge is 2.21. The molecule has 0 aliphatic heterocycles. The zero-order chi connectivity index (χ0) is 18.4. The molecule has 0 unspecified atom stereocenters. The molecule has 0 spiro atoms. The van der Waals surface area contributed by atoms with E-state index >= 15 is 0 Å². The molecule has 1 saturated carbocycles. The molecule has 1 aromatic heterocycles. The first-order valence-electron chi connectivity index (χ1n) is 8.67. The lowest BCUT2D eigenvalue weighted by Gasteiger charge is -2.17. The van der Waals surface area contributed by atoms with E-state index in [1.165, 1.54) is 31.0 Å². The normalized spacial score (nSPS) is 14.8. The first-order valence-corrected chi connectivity index (χ1v) is 9.66. The lowest BCUT2D eigenvalue weighted by Crippen LogP contribution is -2.14. The zero-order valence-electron chi connectivity index (χ0n) is 15.0. The number of anilines is 1. The van der Waals surface area contributed by atoms with Crippen molar-refractivity contribution in [2.45, 2.75) is 43.2 Å². The van der Waals surface area contributed by atoms with E-state index in [9.17, 15) is 4.79 Å². The molecule has 140 valence electrons. The summed E-state index contributed by atoms with van der Waals surface area (Å²) < 4.78 is 16.2. The second kappa shape index (κ2) is 8.93. The number of methoxy groups -OCH3 is 2. The topological polar surface area (TPSA) is 86.5 Å². The number of amides is 1. The van der Waals surface area contributed by atoms with Crippen molar-refractivity contribution in [2.24, 2.45) is 0 Å². The Hall–Kier alpha value is -2.22. The van der Waals surface area contributed by atoms with Crippen LogP contribution in [0.25, 0.3) is 0 Å².